The largest absolute Gasteiger partial charge is 0.497 e. The average Bonchev–Trinajstić information content (AvgIpc) is 2.53. The second-order valence-electron chi connectivity index (χ2n) is 7.31. The predicted octanol–water partition coefficient (Wildman–Crippen LogP) is 4.34. The summed E-state index contributed by atoms with van der Waals surface area (Å²) in [5.74, 6) is 1.49. The monoisotopic (exact) mass is 339 g/mol. The van der Waals surface area contributed by atoms with Gasteiger partial charge >= 0.3 is 0 Å². The molecule has 25 heavy (non-hydrogen) atoms. The first-order valence-electron chi connectivity index (χ1n) is 8.54. The summed E-state index contributed by atoms with van der Waals surface area (Å²) in [7, 11) is 1.64. The van der Waals surface area contributed by atoms with E-state index in [4.69, 9.17) is 9.47 Å². The first-order valence-corrected chi connectivity index (χ1v) is 8.54. The quantitative estimate of drug-likeness (QED) is 0.904. The summed E-state index contributed by atoms with van der Waals surface area (Å²) in [6, 6.07) is 11.5. The van der Waals surface area contributed by atoms with Crippen LogP contribution >= 0.6 is 0 Å². The molecule has 0 saturated heterocycles. The maximum atomic E-state index is 12.8. The van der Waals surface area contributed by atoms with Gasteiger partial charge in [-0.05, 0) is 57.5 Å². The van der Waals surface area contributed by atoms with Gasteiger partial charge in [0.25, 0.3) is 5.91 Å². The molecule has 0 radical (unpaired) electrons. The number of fused-ring (bicyclic) bond motifs is 1. The van der Waals surface area contributed by atoms with Crippen LogP contribution in [0, 0.1) is 13.8 Å². The fourth-order valence-electron chi connectivity index (χ4n) is 3.39. The van der Waals surface area contributed by atoms with Crippen LogP contribution in [0.2, 0.25) is 0 Å². The molecule has 1 aliphatic heterocycles. The molecule has 4 nitrogen and oxygen atoms in total. The summed E-state index contributed by atoms with van der Waals surface area (Å²) in [6.07, 6.45) is 0.698. The zero-order valence-electron chi connectivity index (χ0n) is 15.5. The van der Waals surface area contributed by atoms with Gasteiger partial charge in [0.15, 0.2) is 0 Å². The highest BCUT2D eigenvalue weighted by atomic mass is 16.5. The van der Waals surface area contributed by atoms with Crippen molar-refractivity contribution in [3.8, 4) is 11.5 Å². The van der Waals surface area contributed by atoms with Gasteiger partial charge < -0.3 is 14.8 Å². The first-order chi connectivity index (χ1) is 11.8. The number of hydrogen-bond acceptors (Lipinski definition) is 3. The van der Waals surface area contributed by atoms with Crippen LogP contribution in [0.15, 0.2) is 36.4 Å². The summed E-state index contributed by atoms with van der Waals surface area (Å²) >= 11 is 0. The van der Waals surface area contributed by atoms with Gasteiger partial charge in [0.2, 0.25) is 0 Å². The van der Waals surface area contributed by atoms with E-state index in [1.54, 1.807) is 7.11 Å². The van der Waals surface area contributed by atoms with E-state index in [0.717, 1.165) is 28.2 Å². The summed E-state index contributed by atoms with van der Waals surface area (Å²) in [4.78, 5) is 12.8. The lowest BCUT2D eigenvalue weighted by molar-refractivity contribution is 0.0618. The fraction of sp³-hybridized carbons (Fsp3) is 0.381. The molecule has 0 aliphatic carbocycles. The SMILES string of the molecule is COc1ccc2c(c1)[C@@H](NC(=O)c1ccc(C)cc1C)CC(C)(C)O2. The van der Waals surface area contributed by atoms with Crippen molar-refractivity contribution in [2.75, 3.05) is 7.11 Å². The third-order valence-electron chi connectivity index (χ3n) is 4.61. The van der Waals surface area contributed by atoms with Gasteiger partial charge in [-0.2, -0.15) is 0 Å². The molecule has 2 aromatic carbocycles. The minimum absolute atomic E-state index is 0.0611. The van der Waals surface area contributed by atoms with Crippen molar-refractivity contribution in [3.63, 3.8) is 0 Å². The van der Waals surface area contributed by atoms with E-state index in [2.05, 4.69) is 5.32 Å². The Labute approximate surface area is 149 Å². The van der Waals surface area contributed by atoms with Crippen LogP contribution in [0.5, 0.6) is 11.5 Å². The van der Waals surface area contributed by atoms with Gasteiger partial charge in [-0.3, -0.25) is 4.79 Å². The molecular formula is C21H25NO3. The van der Waals surface area contributed by atoms with Crippen molar-refractivity contribution in [1.82, 2.24) is 5.32 Å². The number of hydrogen-bond donors (Lipinski definition) is 1. The van der Waals surface area contributed by atoms with Gasteiger partial charge in [0, 0.05) is 17.5 Å². The van der Waals surface area contributed by atoms with E-state index in [1.165, 1.54) is 0 Å². The number of benzene rings is 2. The number of amides is 1. The molecule has 3 rings (SSSR count). The van der Waals surface area contributed by atoms with Gasteiger partial charge in [-0.1, -0.05) is 17.7 Å². The highest BCUT2D eigenvalue weighted by molar-refractivity contribution is 5.96. The Bertz CT molecular complexity index is 811. The molecule has 0 unspecified atom stereocenters. The second-order valence-corrected chi connectivity index (χ2v) is 7.31. The highest BCUT2D eigenvalue weighted by Crippen LogP contribution is 2.41. The molecule has 0 spiro atoms. The third kappa shape index (κ3) is 3.63. The summed E-state index contributed by atoms with van der Waals surface area (Å²) in [5.41, 5.74) is 3.45. The van der Waals surface area contributed by atoms with Crippen LogP contribution in [-0.4, -0.2) is 18.6 Å². The van der Waals surface area contributed by atoms with Crippen LogP contribution < -0.4 is 14.8 Å². The normalized spacial score (nSPS) is 18.0. The minimum Gasteiger partial charge on any atom is -0.497 e. The Kier molecular flexibility index (Phi) is 4.46. The molecule has 0 bridgehead atoms. The van der Waals surface area contributed by atoms with E-state index >= 15 is 0 Å². The highest BCUT2D eigenvalue weighted by Gasteiger charge is 2.35. The zero-order valence-corrected chi connectivity index (χ0v) is 15.5. The lowest BCUT2D eigenvalue weighted by Crippen LogP contribution is -2.41. The third-order valence-corrected chi connectivity index (χ3v) is 4.61. The topological polar surface area (TPSA) is 47.6 Å². The first kappa shape index (κ1) is 17.3. The predicted molar refractivity (Wildman–Crippen MR) is 98.4 cm³/mol. The second kappa shape index (κ2) is 6.43. The molecule has 2 aromatic rings. The van der Waals surface area contributed by atoms with Crippen LogP contribution in [0.1, 0.15) is 53.4 Å². The van der Waals surface area contributed by atoms with Crippen molar-refractivity contribution >= 4 is 5.91 Å². The minimum atomic E-state index is -0.345. The smallest absolute Gasteiger partial charge is 0.252 e. The molecule has 1 amide bonds. The molecule has 0 aromatic heterocycles. The van der Waals surface area contributed by atoms with Crippen molar-refractivity contribution in [2.24, 2.45) is 0 Å². The average molecular weight is 339 g/mol. The van der Waals surface area contributed by atoms with Gasteiger partial charge in [0.1, 0.15) is 17.1 Å². The molecule has 1 aliphatic rings. The number of aryl methyl sites for hydroxylation is 2. The summed E-state index contributed by atoms with van der Waals surface area (Å²) in [5, 5.41) is 3.18. The van der Waals surface area contributed by atoms with E-state index in [1.807, 2.05) is 64.1 Å². The lowest BCUT2D eigenvalue weighted by Gasteiger charge is -2.38. The summed E-state index contributed by atoms with van der Waals surface area (Å²) in [6.45, 7) is 8.07. The Morgan fingerprint density at radius 1 is 1.20 bits per heavy atom. The van der Waals surface area contributed by atoms with Crippen LogP contribution in [0.3, 0.4) is 0 Å². The van der Waals surface area contributed by atoms with Crippen LogP contribution in [-0.2, 0) is 0 Å². The molecule has 0 saturated carbocycles. The van der Waals surface area contributed by atoms with Crippen molar-refractivity contribution in [1.29, 1.82) is 0 Å². The van der Waals surface area contributed by atoms with Crippen LogP contribution in [0.25, 0.3) is 0 Å². The maximum Gasteiger partial charge on any atom is 0.252 e. The van der Waals surface area contributed by atoms with Crippen molar-refractivity contribution in [2.45, 2.75) is 45.8 Å². The van der Waals surface area contributed by atoms with Crippen molar-refractivity contribution < 1.29 is 14.3 Å². The van der Waals surface area contributed by atoms with E-state index in [-0.39, 0.29) is 17.6 Å². The zero-order chi connectivity index (χ0) is 18.2. The maximum absolute atomic E-state index is 12.8. The van der Waals surface area contributed by atoms with Gasteiger partial charge in [-0.25, -0.2) is 0 Å². The van der Waals surface area contributed by atoms with Gasteiger partial charge in [-0.15, -0.1) is 0 Å². The van der Waals surface area contributed by atoms with Crippen molar-refractivity contribution in [3.05, 3.63) is 58.7 Å². The molecule has 0 fully saturated rings. The molecular weight excluding hydrogens is 314 g/mol. The Hall–Kier alpha value is -2.49. The van der Waals surface area contributed by atoms with E-state index in [0.29, 0.717) is 12.0 Å². The molecule has 4 heteroatoms. The molecule has 1 N–H and O–H groups in total. The fourth-order valence-corrected chi connectivity index (χ4v) is 3.39. The Morgan fingerprint density at radius 3 is 2.64 bits per heavy atom. The molecule has 132 valence electrons. The molecule has 1 heterocycles. The van der Waals surface area contributed by atoms with E-state index in [9.17, 15) is 4.79 Å². The van der Waals surface area contributed by atoms with Crippen LogP contribution in [0.4, 0.5) is 0 Å². The lowest BCUT2D eigenvalue weighted by atomic mass is 9.89. The van der Waals surface area contributed by atoms with Gasteiger partial charge in [0.05, 0.1) is 13.2 Å². The Balaban J connectivity index is 1.92. The standard InChI is InChI=1S/C21H25NO3/c1-13-6-8-16(14(2)10-13)20(23)22-18-12-21(3,4)25-19-9-7-15(24-5)11-17(18)19/h6-11,18H,12H2,1-5H3,(H,22,23)/t18-/m0/s1. The number of ether oxygens (including phenoxy) is 2. The number of nitrogens with one attached hydrogen (secondary N) is 1. The number of carbonyl (C=O) groups excluding carboxylic acids is 1. The Morgan fingerprint density at radius 2 is 1.96 bits per heavy atom. The van der Waals surface area contributed by atoms with E-state index < -0.39 is 0 Å². The molecule has 1 atom stereocenters. The number of carbonyl (C=O) groups is 1. The number of methoxy groups -OCH3 is 1. The number of rotatable bonds is 3. The summed E-state index contributed by atoms with van der Waals surface area (Å²) < 4.78 is 11.4.